The molecule has 2 aromatic carbocycles. The third kappa shape index (κ3) is 5.06. The van der Waals surface area contributed by atoms with E-state index >= 15 is 0 Å². The van der Waals surface area contributed by atoms with Crippen LogP contribution in [0.15, 0.2) is 66.9 Å². The van der Waals surface area contributed by atoms with Crippen LogP contribution in [-0.4, -0.2) is 21.9 Å². The topological polar surface area (TPSA) is 25.2 Å². The lowest BCUT2D eigenvalue weighted by atomic mass is 10.1. The summed E-state index contributed by atoms with van der Waals surface area (Å²) < 4.78 is 28.7. The first kappa shape index (κ1) is 19.8. The number of hydrogen-bond donors (Lipinski definition) is 0. The number of aromatic nitrogens is 1. The minimum Gasteiger partial charge on any atom is -0.345 e. The van der Waals surface area contributed by atoms with Gasteiger partial charge < -0.3 is 9.47 Å². The van der Waals surface area contributed by atoms with Gasteiger partial charge in [0.05, 0.1) is 6.54 Å². The summed E-state index contributed by atoms with van der Waals surface area (Å²) in [6.07, 6.45) is 3.79. The summed E-state index contributed by atoms with van der Waals surface area (Å²) in [5, 5.41) is 0. The van der Waals surface area contributed by atoms with Gasteiger partial charge in [0.15, 0.2) is 0 Å². The molecular formula is C23H24F2N2O. The number of unbranched alkanes of at least 4 members (excludes halogenated alkanes) is 1. The van der Waals surface area contributed by atoms with E-state index in [-0.39, 0.29) is 17.5 Å². The molecule has 0 aliphatic carbocycles. The molecule has 3 nitrogen and oxygen atoms in total. The Morgan fingerprint density at radius 2 is 1.79 bits per heavy atom. The van der Waals surface area contributed by atoms with Crippen LogP contribution in [0.25, 0.3) is 0 Å². The fraction of sp³-hybridized carbons (Fsp3) is 0.261. The minimum absolute atomic E-state index is 0.119. The summed E-state index contributed by atoms with van der Waals surface area (Å²) in [6, 6.07) is 16.0. The predicted molar refractivity (Wildman–Crippen MR) is 106 cm³/mol. The first-order valence-corrected chi connectivity index (χ1v) is 9.50. The summed E-state index contributed by atoms with van der Waals surface area (Å²) in [4.78, 5) is 14.7. The van der Waals surface area contributed by atoms with E-state index in [1.54, 1.807) is 11.0 Å². The Kier molecular flexibility index (Phi) is 6.58. The highest BCUT2D eigenvalue weighted by molar-refractivity contribution is 5.94. The van der Waals surface area contributed by atoms with Gasteiger partial charge in [-0.1, -0.05) is 25.5 Å². The van der Waals surface area contributed by atoms with Gasteiger partial charge in [-0.25, -0.2) is 8.78 Å². The van der Waals surface area contributed by atoms with Crippen LogP contribution in [0.4, 0.5) is 8.78 Å². The van der Waals surface area contributed by atoms with Gasteiger partial charge in [0.1, 0.15) is 11.6 Å². The Labute approximate surface area is 164 Å². The second-order valence-electron chi connectivity index (χ2n) is 6.84. The number of benzene rings is 2. The summed E-state index contributed by atoms with van der Waals surface area (Å²) >= 11 is 0. The second-order valence-corrected chi connectivity index (χ2v) is 6.84. The van der Waals surface area contributed by atoms with Crippen LogP contribution in [0.5, 0.6) is 0 Å². The molecule has 0 N–H and O–H groups in total. The van der Waals surface area contributed by atoms with Gasteiger partial charge in [-0.05, 0) is 60.5 Å². The summed E-state index contributed by atoms with van der Waals surface area (Å²) in [5.41, 5.74) is 2.30. The number of amides is 1. The molecule has 28 heavy (non-hydrogen) atoms. The molecule has 0 atom stereocenters. The highest BCUT2D eigenvalue weighted by Crippen LogP contribution is 2.15. The average molecular weight is 382 g/mol. The lowest BCUT2D eigenvalue weighted by Gasteiger charge is -2.24. The molecule has 0 bridgehead atoms. The maximum atomic E-state index is 13.5. The highest BCUT2D eigenvalue weighted by atomic mass is 19.1. The van der Waals surface area contributed by atoms with Crippen molar-refractivity contribution in [2.75, 3.05) is 6.54 Å². The highest BCUT2D eigenvalue weighted by Gasteiger charge is 2.17. The largest absolute Gasteiger partial charge is 0.345 e. The monoisotopic (exact) mass is 382 g/mol. The zero-order chi connectivity index (χ0) is 19.9. The van der Waals surface area contributed by atoms with Crippen LogP contribution >= 0.6 is 0 Å². The SMILES string of the molecule is CCCCN(Cc1cccn1Cc1cccc(F)c1)C(=O)c1ccc(F)cc1. The molecular weight excluding hydrogens is 358 g/mol. The number of hydrogen-bond acceptors (Lipinski definition) is 1. The molecule has 146 valence electrons. The molecule has 1 heterocycles. The average Bonchev–Trinajstić information content (AvgIpc) is 3.12. The van der Waals surface area contributed by atoms with Gasteiger partial charge in [-0.15, -0.1) is 0 Å². The number of halogens is 2. The quantitative estimate of drug-likeness (QED) is 0.522. The Morgan fingerprint density at radius 3 is 2.50 bits per heavy atom. The van der Waals surface area contributed by atoms with E-state index in [0.717, 1.165) is 24.1 Å². The van der Waals surface area contributed by atoms with E-state index < -0.39 is 0 Å². The number of rotatable bonds is 8. The minimum atomic E-state index is -0.361. The molecule has 0 aliphatic heterocycles. The first-order valence-electron chi connectivity index (χ1n) is 9.50. The number of carbonyl (C=O) groups excluding carboxylic acids is 1. The molecule has 0 aliphatic rings. The maximum absolute atomic E-state index is 13.5. The molecule has 0 fully saturated rings. The van der Waals surface area contributed by atoms with Gasteiger partial charge in [0, 0.05) is 30.5 Å². The van der Waals surface area contributed by atoms with Crippen LogP contribution in [0, 0.1) is 11.6 Å². The van der Waals surface area contributed by atoms with E-state index in [0.29, 0.717) is 25.2 Å². The molecule has 3 rings (SSSR count). The van der Waals surface area contributed by atoms with E-state index in [1.807, 2.05) is 29.0 Å². The van der Waals surface area contributed by atoms with Crippen molar-refractivity contribution >= 4 is 5.91 Å². The van der Waals surface area contributed by atoms with Crippen molar-refractivity contribution in [2.45, 2.75) is 32.9 Å². The van der Waals surface area contributed by atoms with Crippen molar-refractivity contribution in [3.8, 4) is 0 Å². The molecule has 0 radical (unpaired) electrons. The van der Waals surface area contributed by atoms with E-state index in [9.17, 15) is 13.6 Å². The molecule has 1 amide bonds. The maximum Gasteiger partial charge on any atom is 0.254 e. The normalized spacial score (nSPS) is 10.8. The Morgan fingerprint density at radius 1 is 1.00 bits per heavy atom. The zero-order valence-electron chi connectivity index (χ0n) is 15.9. The third-order valence-corrected chi connectivity index (χ3v) is 4.68. The van der Waals surface area contributed by atoms with E-state index in [1.165, 1.54) is 36.4 Å². The van der Waals surface area contributed by atoms with Crippen molar-refractivity contribution in [1.82, 2.24) is 9.47 Å². The molecule has 1 aromatic heterocycles. The van der Waals surface area contributed by atoms with Crippen LogP contribution in [0.3, 0.4) is 0 Å². The van der Waals surface area contributed by atoms with Crippen LogP contribution in [0.1, 0.15) is 41.4 Å². The van der Waals surface area contributed by atoms with Crippen molar-refractivity contribution in [2.24, 2.45) is 0 Å². The van der Waals surface area contributed by atoms with E-state index in [2.05, 4.69) is 6.92 Å². The summed E-state index contributed by atoms with van der Waals surface area (Å²) in [5.74, 6) is -0.741. The summed E-state index contributed by atoms with van der Waals surface area (Å²) in [6.45, 7) is 3.68. The molecule has 0 unspecified atom stereocenters. The van der Waals surface area contributed by atoms with Gasteiger partial charge in [-0.3, -0.25) is 4.79 Å². The number of carbonyl (C=O) groups is 1. The van der Waals surface area contributed by atoms with Gasteiger partial charge in [0.25, 0.3) is 5.91 Å². The Hall–Kier alpha value is -2.95. The first-order chi connectivity index (χ1) is 13.6. The third-order valence-electron chi connectivity index (χ3n) is 4.68. The summed E-state index contributed by atoms with van der Waals surface area (Å²) in [7, 11) is 0. The van der Waals surface area contributed by atoms with Crippen molar-refractivity contribution in [3.05, 3.63) is 95.3 Å². The Bertz CT molecular complexity index is 918. The lowest BCUT2D eigenvalue weighted by molar-refractivity contribution is 0.0737. The van der Waals surface area contributed by atoms with Crippen LogP contribution in [-0.2, 0) is 13.1 Å². The fourth-order valence-corrected chi connectivity index (χ4v) is 3.15. The van der Waals surface area contributed by atoms with Gasteiger partial charge >= 0.3 is 0 Å². The molecule has 0 saturated heterocycles. The molecule has 0 saturated carbocycles. The van der Waals surface area contributed by atoms with Crippen molar-refractivity contribution in [1.29, 1.82) is 0 Å². The zero-order valence-corrected chi connectivity index (χ0v) is 15.9. The molecule has 0 spiro atoms. The molecule has 3 aromatic rings. The standard InChI is InChI=1S/C23H24F2N2O/c1-2-3-13-27(23(28)19-9-11-20(24)12-10-19)17-22-8-5-14-26(22)16-18-6-4-7-21(25)15-18/h4-12,14-15H,2-3,13,16-17H2,1H3. The van der Waals surface area contributed by atoms with Crippen molar-refractivity contribution in [3.63, 3.8) is 0 Å². The van der Waals surface area contributed by atoms with Gasteiger partial charge in [-0.2, -0.15) is 0 Å². The van der Waals surface area contributed by atoms with Crippen LogP contribution in [0.2, 0.25) is 0 Å². The van der Waals surface area contributed by atoms with Crippen LogP contribution < -0.4 is 0 Å². The Balaban J connectivity index is 1.78. The van der Waals surface area contributed by atoms with Crippen molar-refractivity contribution < 1.29 is 13.6 Å². The fourth-order valence-electron chi connectivity index (χ4n) is 3.15. The smallest absolute Gasteiger partial charge is 0.254 e. The van der Waals surface area contributed by atoms with E-state index in [4.69, 9.17) is 0 Å². The predicted octanol–water partition coefficient (Wildman–Crippen LogP) is 5.26. The van der Waals surface area contributed by atoms with Gasteiger partial charge in [0.2, 0.25) is 0 Å². The molecule has 5 heteroatoms. The number of nitrogens with zero attached hydrogens (tertiary/aromatic N) is 2. The lowest BCUT2D eigenvalue weighted by Crippen LogP contribution is -2.32. The second kappa shape index (κ2) is 9.31.